The molecule has 0 aliphatic carbocycles. The highest BCUT2D eigenvalue weighted by molar-refractivity contribution is 6.30. The Kier molecular flexibility index (Phi) is 6.35. The summed E-state index contributed by atoms with van der Waals surface area (Å²) in [5, 5.41) is 13.9. The Bertz CT molecular complexity index is 551. The average Bonchev–Trinajstić information content (AvgIpc) is 2.46. The van der Waals surface area contributed by atoms with Crippen molar-refractivity contribution >= 4 is 23.4 Å². The number of nitrogens with zero attached hydrogens (tertiary/aromatic N) is 1. The lowest BCUT2D eigenvalue weighted by molar-refractivity contribution is 0.0166. The Labute approximate surface area is 148 Å². The van der Waals surface area contributed by atoms with Crippen LogP contribution in [0.1, 0.15) is 40.0 Å². The molecule has 6 heteroatoms. The van der Waals surface area contributed by atoms with Crippen molar-refractivity contribution in [3.05, 3.63) is 29.3 Å². The quantitative estimate of drug-likeness (QED) is 0.799. The van der Waals surface area contributed by atoms with E-state index in [1.54, 1.807) is 17.0 Å². The smallest absolute Gasteiger partial charge is 0.410 e. The van der Waals surface area contributed by atoms with Crippen LogP contribution in [0.25, 0.3) is 0 Å². The summed E-state index contributed by atoms with van der Waals surface area (Å²) in [6.45, 7) is 6.95. The summed E-state index contributed by atoms with van der Waals surface area (Å²) in [7, 11) is 0. The summed E-state index contributed by atoms with van der Waals surface area (Å²) in [5.74, 6) is 0.380. The largest absolute Gasteiger partial charge is 0.444 e. The number of hydrogen-bond acceptors (Lipinski definition) is 4. The lowest BCUT2D eigenvalue weighted by atomic mass is 9.93. The molecule has 134 valence electrons. The van der Waals surface area contributed by atoms with Crippen molar-refractivity contribution in [1.82, 2.24) is 4.90 Å². The minimum absolute atomic E-state index is 0.251. The zero-order valence-corrected chi connectivity index (χ0v) is 15.3. The van der Waals surface area contributed by atoms with Gasteiger partial charge in [-0.05, 0) is 64.2 Å². The van der Waals surface area contributed by atoms with Crippen molar-refractivity contribution < 1.29 is 14.6 Å². The summed E-state index contributed by atoms with van der Waals surface area (Å²) < 4.78 is 5.40. The van der Waals surface area contributed by atoms with Crippen molar-refractivity contribution in [2.75, 3.05) is 18.4 Å². The van der Waals surface area contributed by atoms with Gasteiger partial charge in [-0.15, -0.1) is 0 Å². The van der Waals surface area contributed by atoms with Crippen molar-refractivity contribution in [2.45, 2.75) is 51.9 Å². The van der Waals surface area contributed by atoms with E-state index < -0.39 is 11.8 Å². The van der Waals surface area contributed by atoms with Gasteiger partial charge in [0.15, 0.2) is 0 Å². The fraction of sp³-hybridized carbons (Fsp3) is 0.611. The Hall–Kier alpha value is -1.46. The molecule has 1 amide bonds. The molecule has 2 N–H and O–H groups in total. The molecule has 24 heavy (non-hydrogen) atoms. The molecule has 0 aromatic heterocycles. The molecule has 5 nitrogen and oxygen atoms in total. The topological polar surface area (TPSA) is 61.8 Å². The summed E-state index contributed by atoms with van der Waals surface area (Å²) in [4.78, 5) is 13.8. The van der Waals surface area contributed by atoms with E-state index in [0.29, 0.717) is 30.5 Å². The van der Waals surface area contributed by atoms with Crippen molar-refractivity contribution in [1.29, 1.82) is 0 Å². The molecular formula is C18H27ClN2O3. The van der Waals surface area contributed by atoms with E-state index in [1.165, 1.54) is 0 Å². The zero-order valence-electron chi connectivity index (χ0n) is 14.6. The molecule has 0 bridgehead atoms. The fourth-order valence-corrected chi connectivity index (χ4v) is 3.01. The molecule has 1 aliphatic heterocycles. The van der Waals surface area contributed by atoms with Gasteiger partial charge in [-0.3, -0.25) is 0 Å². The van der Waals surface area contributed by atoms with E-state index in [2.05, 4.69) is 5.32 Å². The number of benzene rings is 1. The number of nitrogens with one attached hydrogen (secondary N) is 1. The maximum atomic E-state index is 12.0. The number of carbonyl (C=O) groups is 1. The third-order valence-corrected chi connectivity index (χ3v) is 4.22. The Balaban J connectivity index is 1.75. The van der Waals surface area contributed by atoms with E-state index in [-0.39, 0.29) is 6.09 Å². The van der Waals surface area contributed by atoms with E-state index in [9.17, 15) is 9.90 Å². The van der Waals surface area contributed by atoms with Gasteiger partial charge in [-0.1, -0.05) is 17.7 Å². The predicted molar refractivity (Wildman–Crippen MR) is 96.2 cm³/mol. The van der Waals surface area contributed by atoms with Crippen LogP contribution < -0.4 is 5.32 Å². The number of aliphatic hydroxyl groups excluding tert-OH is 1. The van der Waals surface area contributed by atoms with Gasteiger partial charge in [0.1, 0.15) is 11.8 Å². The van der Waals surface area contributed by atoms with Crippen LogP contribution in [-0.2, 0) is 4.74 Å². The number of anilines is 1. The molecule has 1 aliphatic rings. The van der Waals surface area contributed by atoms with Crippen LogP contribution in [0.2, 0.25) is 5.02 Å². The molecule has 0 saturated carbocycles. The molecular weight excluding hydrogens is 328 g/mol. The van der Waals surface area contributed by atoms with Crippen molar-refractivity contribution in [3.63, 3.8) is 0 Å². The molecule has 1 heterocycles. The van der Waals surface area contributed by atoms with Gasteiger partial charge >= 0.3 is 6.09 Å². The number of rotatable bonds is 4. The molecule has 0 spiro atoms. The van der Waals surface area contributed by atoms with Gasteiger partial charge in [-0.2, -0.15) is 0 Å². The lowest BCUT2D eigenvalue weighted by Gasteiger charge is -2.34. The number of likely N-dealkylation sites (tertiary alicyclic amines) is 1. The normalized spacial score (nSPS) is 17.5. The highest BCUT2D eigenvalue weighted by atomic mass is 35.5. The van der Waals surface area contributed by atoms with E-state index in [1.807, 2.05) is 32.9 Å². The number of amides is 1. The first-order valence-electron chi connectivity index (χ1n) is 8.41. The first-order valence-corrected chi connectivity index (χ1v) is 8.79. The number of aliphatic hydroxyl groups is 1. The molecule has 1 aromatic rings. The second-order valence-electron chi connectivity index (χ2n) is 7.32. The third-order valence-electron chi connectivity index (χ3n) is 3.98. The van der Waals surface area contributed by atoms with Gasteiger partial charge in [0, 0.05) is 23.8 Å². The Morgan fingerprint density at radius 3 is 2.67 bits per heavy atom. The van der Waals surface area contributed by atoms with Gasteiger partial charge in [0.2, 0.25) is 0 Å². The second kappa shape index (κ2) is 8.08. The molecule has 1 fully saturated rings. The van der Waals surface area contributed by atoms with Crippen LogP contribution in [0.15, 0.2) is 24.3 Å². The van der Waals surface area contributed by atoms with E-state index in [4.69, 9.17) is 16.3 Å². The number of piperidine rings is 1. The van der Waals surface area contributed by atoms with E-state index >= 15 is 0 Å². The summed E-state index contributed by atoms with van der Waals surface area (Å²) in [6.07, 6.45) is 1.51. The van der Waals surface area contributed by atoms with Gasteiger partial charge in [0.25, 0.3) is 0 Å². The van der Waals surface area contributed by atoms with Crippen molar-refractivity contribution in [2.24, 2.45) is 5.92 Å². The van der Waals surface area contributed by atoms with Crippen LogP contribution >= 0.6 is 11.6 Å². The Morgan fingerprint density at radius 1 is 1.42 bits per heavy atom. The van der Waals surface area contributed by atoms with Crippen LogP contribution in [0.5, 0.6) is 0 Å². The second-order valence-corrected chi connectivity index (χ2v) is 7.75. The Morgan fingerprint density at radius 2 is 2.08 bits per heavy atom. The SMILES string of the molecule is CC(C)(C)OC(=O)N1CCC(CC(O)Nc2cccc(Cl)c2)CC1. The lowest BCUT2D eigenvalue weighted by Crippen LogP contribution is -2.42. The average molecular weight is 355 g/mol. The van der Waals surface area contributed by atoms with Crippen LogP contribution in [0, 0.1) is 5.92 Å². The summed E-state index contributed by atoms with van der Waals surface area (Å²) in [6, 6.07) is 7.30. The standard InChI is InChI=1S/C18H27ClN2O3/c1-18(2,3)24-17(23)21-9-7-13(8-10-21)11-16(22)20-15-6-4-5-14(19)12-15/h4-6,12-13,16,20,22H,7-11H2,1-3H3. The van der Waals surface area contributed by atoms with E-state index in [0.717, 1.165) is 18.5 Å². The number of halogens is 1. The maximum Gasteiger partial charge on any atom is 0.410 e. The molecule has 1 saturated heterocycles. The molecule has 1 unspecified atom stereocenters. The van der Waals surface area contributed by atoms with Crippen molar-refractivity contribution in [3.8, 4) is 0 Å². The molecule has 0 radical (unpaired) electrons. The monoisotopic (exact) mass is 354 g/mol. The van der Waals surface area contributed by atoms with Crippen LogP contribution in [-0.4, -0.2) is 41.0 Å². The minimum Gasteiger partial charge on any atom is -0.444 e. The molecule has 2 rings (SSSR count). The number of hydrogen-bond donors (Lipinski definition) is 2. The van der Waals surface area contributed by atoms with Gasteiger partial charge < -0.3 is 20.1 Å². The zero-order chi connectivity index (χ0) is 17.7. The maximum absolute atomic E-state index is 12.0. The van der Waals surface area contributed by atoms with Gasteiger partial charge in [-0.25, -0.2) is 4.79 Å². The van der Waals surface area contributed by atoms with Gasteiger partial charge in [0.05, 0.1) is 0 Å². The van der Waals surface area contributed by atoms with Crippen LogP contribution in [0.3, 0.4) is 0 Å². The summed E-state index contributed by atoms with van der Waals surface area (Å²) in [5.41, 5.74) is 0.339. The number of ether oxygens (including phenoxy) is 1. The fourth-order valence-electron chi connectivity index (χ4n) is 2.82. The predicted octanol–water partition coefficient (Wildman–Crippen LogP) is 4.11. The third kappa shape index (κ3) is 6.21. The number of carbonyl (C=O) groups excluding carboxylic acids is 1. The highest BCUT2D eigenvalue weighted by Crippen LogP contribution is 2.24. The molecule has 1 aromatic carbocycles. The highest BCUT2D eigenvalue weighted by Gasteiger charge is 2.27. The first kappa shape index (κ1) is 18.9. The summed E-state index contributed by atoms with van der Waals surface area (Å²) >= 11 is 5.94. The molecule has 1 atom stereocenters. The minimum atomic E-state index is -0.624. The van der Waals surface area contributed by atoms with Crippen LogP contribution in [0.4, 0.5) is 10.5 Å². The first-order chi connectivity index (χ1) is 11.2.